The van der Waals surface area contributed by atoms with Crippen molar-refractivity contribution in [1.29, 1.82) is 0 Å². The summed E-state index contributed by atoms with van der Waals surface area (Å²) in [4.78, 5) is 21.0. The second-order valence-corrected chi connectivity index (χ2v) is 5.47. The number of para-hydroxylation sites is 1. The maximum atomic E-state index is 12.5. The fourth-order valence-electron chi connectivity index (χ4n) is 3.02. The summed E-state index contributed by atoms with van der Waals surface area (Å²) in [6, 6.07) is 5.02. The van der Waals surface area contributed by atoms with Crippen molar-refractivity contribution in [3.05, 3.63) is 36.2 Å². The van der Waals surface area contributed by atoms with Crippen molar-refractivity contribution in [2.45, 2.75) is 24.4 Å². The number of aliphatic hydroxyl groups excluding tert-OH is 1. The number of rotatable bonds is 2. The number of fused-ring (bicyclic) bond motifs is 2. The van der Waals surface area contributed by atoms with Crippen molar-refractivity contribution in [2.75, 3.05) is 13.2 Å². The van der Waals surface area contributed by atoms with E-state index in [-0.39, 0.29) is 30.8 Å². The van der Waals surface area contributed by atoms with E-state index in [1.807, 2.05) is 6.07 Å². The van der Waals surface area contributed by atoms with E-state index in [0.717, 1.165) is 0 Å². The number of carbonyl (C=O) groups excluding carboxylic acids is 1. The smallest absolute Gasteiger partial charge is 0.253 e. The molecule has 0 spiro atoms. The predicted octanol–water partition coefficient (Wildman–Crippen LogP) is -0.113. The first-order chi connectivity index (χ1) is 10.7. The fourth-order valence-corrected chi connectivity index (χ4v) is 3.02. The van der Waals surface area contributed by atoms with Crippen LogP contribution < -0.4 is 5.32 Å². The van der Waals surface area contributed by atoms with Crippen molar-refractivity contribution >= 4 is 16.9 Å². The largest absolute Gasteiger partial charge is 0.388 e. The summed E-state index contributed by atoms with van der Waals surface area (Å²) in [6.07, 6.45) is 1.85. The molecule has 0 saturated carbocycles. The summed E-state index contributed by atoms with van der Waals surface area (Å²) in [5.74, 6) is -0.245. The van der Waals surface area contributed by atoms with Gasteiger partial charge in [0.05, 0.1) is 30.3 Å². The molecular formula is C15H15N3O4. The molecule has 4 rings (SSSR count). The quantitative estimate of drug-likeness (QED) is 0.803. The van der Waals surface area contributed by atoms with Gasteiger partial charge in [0.1, 0.15) is 23.8 Å². The van der Waals surface area contributed by atoms with Gasteiger partial charge in [-0.2, -0.15) is 0 Å². The Kier molecular flexibility index (Phi) is 3.25. The molecule has 4 atom stereocenters. The molecule has 114 valence electrons. The van der Waals surface area contributed by atoms with Crippen LogP contribution in [0.15, 0.2) is 30.6 Å². The molecule has 2 fully saturated rings. The molecule has 1 aromatic carbocycles. The zero-order chi connectivity index (χ0) is 15.1. The van der Waals surface area contributed by atoms with E-state index in [2.05, 4.69) is 15.3 Å². The number of benzene rings is 1. The maximum absolute atomic E-state index is 12.5. The van der Waals surface area contributed by atoms with E-state index in [9.17, 15) is 9.90 Å². The lowest BCUT2D eigenvalue weighted by Crippen LogP contribution is -2.44. The number of aromatic nitrogens is 2. The molecule has 2 aliphatic rings. The molecule has 2 aromatic rings. The van der Waals surface area contributed by atoms with Crippen LogP contribution in [0.5, 0.6) is 0 Å². The number of hydrogen-bond acceptors (Lipinski definition) is 6. The van der Waals surface area contributed by atoms with Crippen LogP contribution in [0.1, 0.15) is 10.4 Å². The molecule has 0 radical (unpaired) electrons. The number of carbonyl (C=O) groups is 1. The van der Waals surface area contributed by atoms with Crippen LogP contribution in [0.3, 0.4) is 0 Å². The second kappa shape index (κ2) is 5.28. The van der Waals surface area contributed by atoms with Gasteiger partial charge in [0, 0.05) is 12.4 Å². The number of nitrogens with zero attached hydrogens (tertiary/aromatic N) is 2. The Morgan fingerprint density at radius 3 is 2.91 bits per heavy atom. The Balaban J connectivity index is 1.57. The van der Waals surface area contributed by atoms with Gasteiger partial charge in [0.15, 0.2) is 0 Å². The van der Waals surface area contributed by atoms with E-state index in [1.54, 1.807) is 24.5 Å². The summed E-state index contributed by atoms with van der Waals surface area (Å²) in [5, 5.41) is 12.6. The Hall–Kier alpha value is -2.09. The first-order valence-electron chi connectivity index (χ1n) is 7.16. The number of nitrogens with one attached hydrogen (secondary N) is 1. The Labute approximate surface area is 126 Å². The van der Waals surface area contributed by atoms with Crippen LogP contribution in [-0.4, -0.2) is 58.5 Å². The van der Waals surface area contributed by atoms with Crippen molar-refractivity contribution in [2.24, 2.45) is 0 Å². The maximum Gasteiger partial charge on any atom is 0.253 e. The number of amides is 1. The van der Waals surface area contributed by atoms with Gasteiger partial charge in [0.25, 0.3) is 5.91 Å². The third-order valence-electron chi connectivity index (χ3n) is 4.09. The molecule has 0 bridgehead atoms. The Morgan fingerprint density at radius 2 is 2.00 bits per heavy atom. The summed E-state index contributed by atoms with van der Waals surface area (Å²) in [6.45, 7) is 0.566. The molecule has 0 unspecified atom stereocenters. The number of aliphatic hydroxyl groups is 1. The molecule has 2 N–H and O–H groups in total. The fraction of sp³-hybridized carbons (Fsp3) is 0.400. The standard InChI is InChI=1S/C15H15N3O4/c19-11-7-22-13-10(6-21-14(11)13)18-15(20)8-2-1-3-9-12(8)17-5-4-16-9/h1-5,10-11,13-14,19H,6-7H2,(H,18,20)/t10-,11-,13+,14+/m0/s1. The molecule has 0 aliphatic carbocycles. The highest BCUT2D eigenvalue weighted by Crippen LogP contribution is 2.27. The Bertz CT molecular complexity index is 718. The Morgan fingerprint density at radius 1 is 1.18 bits per heavy atom. The monoisotopic (exact) mass is 301 g/mol. The minimum absolute atomic E-state index is 0.238. The molecule has 7 heteroatoms. The lowest BCUT2D eigenvalue weighted by Gasteiger charge is -2.17. The van der Waals surface area contributed by atoms with Gasteiger partial charge in [-0.05, 0) is 12.1 Å². The van der Waals surface area contributed by atoms with Gasteiger partial charge in [-0.15, -0.1) is 0 Å². The molecule has 1 aromatic heterocycles. The van der Waals surface area contributed by atoms with Crippen molar-refractivity contribution < 1.29 is 19.4 Å². The van der Waals surface area contributed by atoms with Crippen LogP contribution in [0, 0.1) is 0 Å². The number of hydrogen-bond donors (Lipinski definition) is 2. The molecular weight excluding hydrogens is 286 g/mol. The van der Waals surface area contributed by atoms with E-state index in [1.165, 1.54) is 0 Å². The third kappa shape index (κ3) is 2.14. The molecule has 7 nitrogen and oxygen atoms in total. The van der Waals surface area contributed by atoms with Crippen molar-refractivity contribution in [3.8, 4) is 0 Å². The van der Waals surface area contributed by atoms with E-state index in [0.29, 0.717) is 23.2 Å². The summed E-state index contributed by atoms with van der Waals surface area (Å²) < 4.78 is 11.0. The van der Waals surface area contributed by atoms with Crippen LogP contribution >= 0.6 is 0 Å². The van der Waals surface area contributed by atoms with Gasteiger partial charge in [0.2, 0.25) is 0 Å². The average molecular weight is 301 g/mol. The molecule has 3 heterocycles. The lowest BCUT2D eigenvalue weighted by molar-refractivity contribution is 0.0178. The molecule has 1 amide bonds. The lowest BCUT2D eigenvalue weighted by atomic mass is 10.1. The van der Waals surface area contributed by atoms with E-state index >= 15 is 0 Å². The summed E-state index contributed by atoms with van der Waals surface area (Å²) >= 11 is 0. The van der Waals surface area contributed by atoms with E-state index in [4.69, 9.17) is 9.47 Å². The SMILES string of the molecule is O=C(N[C@H]1CO[C@H]2[C@@H]1OC[C@@H]2O)c1cccc2nccnc12. The topological polar surface area (TPSA) is 93.6 Å². The van der Waals surface area contributed by atoms with Crippen LogP contribution in [-0.2, 0) is 9.47 Å². The van der Waals surface area contributed by atoms with E-state index < -0.39 is 6.10 Å². The normalized spacial score (nSPS) is 30.4. The minimum atomic E-state index is -0.629. The van der Waals surface area contributed by atoms with Gasteiger partial charge in [-0.25, -0.2) is 0 Å². The summed E-state index contributed by atoms with van der Waals surface area (Å²) in [5.41, 5.74) is 1.70. The first-order valence-corrected chi connectivity index (χ1v) is 7.16. The third-order valence-corrected chi connectivity index (χ3v) is 4.09. The second-order valence-electron chi connectivity index (χ2n) is 5.47. The highest BCUT2D eigenvalue weighted by molar-refractivity contribution is 6.04. The molecule has 2 aliphatic heterocycles. The van der Waals surface area contributed by atoms with Gasteiger partial charge < -0.3 is 19.9 Å². The van der Waals surface area contributed by atoms with Crippen molar-refractivity contribution in [3.63, 3.8) is 0 Å². The zero-order valence-electron chi connectivity index (χ0n) is 11.7. The van der Waals surface area contributed by atoms with Gasteiger partial charge in [-0.3, -0.25) is 14.8 Å². The molecule has 22 heavy (non-hydrogen) atoms. The minimum Gasteiger partial charge on any atom is -0.388 e. The average Bonchev–Trinajstić information content (AvgIpc) is 3.11. The zero-order valence-corrected chi connectivity index (χ0v) is 11.7. The van der Waals surface area contributed by atoms with Crippen LogP contribution in [0.2, 0.25) is 0 Å². The highest BCUT2D eigenvalue weighted by Gasteiger charge is 2.47. The predicted molar refractivity (Wildman–Crippen MR) is 76.3 cm³/mol. The van der Waals surface area contributed by atoms with Crippen molar-refractivity contribution in [1.82, 2.24) is 15.3 Å². The van der Waals surface area contributed by atoms with Crippen LogP contribution in [0.4, 0.5) is 0 Å². The number of ether oxygens (including phenoxy) is 2. The van der Waals surface area contributed by atoms with Gasteiger partial charge >= 0.3 is 0 Å². The summed E-state index contributed by atoms with van der Waals surface area (Å²) in [7, 11) is 0. The highest BCUT2D eigenvalue weighted by atomic mass is 16.6. The first kappa shape index (κ1) is 13.6. The van der Waals surface area contributed by atoms with Crippen LogP contribution in [0.25, 0.3) is 11.0 Å². The molecule has 2 saturated heterocycles. The van der Waals surface area contributed by atoms with Gasteiger partial charge in [-0.1, -0.05) is 6.07 Å².